The molecule has 0 spiro atoms. The van der Waals surface area contributed by atoms with Crippen LogP contribution in [0.3, 0.4) is 0 Å². The van der Waals surface area contributed by atoms with Crippen molar-refractivity contribution in [2.75, 3.05) is 6.61 Å². The van der Waals surface area contributed by atoms with Gasteiger partial charge in [0.2, 0.25) is 10.0 Å². The number of nitrogens with one attached hydrogen (secondary N) is 1. The largest absolute Gasteiger partial charge is 0.394 e. The lowest BCUT2D eigenvalue weighted by Crippen LogP contribution is -2.56. The summed E-state index contributed by atoms with van der Waals surface area (Å²) < 4.78 is 26.7. The molecular formula is C10H13ClN2O3S. The summed E-state index contributed by atoms with van der Waals surface area (Å²) in [6.07, 6.45) is 4.81. The Bertz CT molecular complexity index is 509. The number of rotatable bonds is 4. The monoisotopic (exact) mass is 276 g/mol. The first-order chi connectivity index (χ1) is 7.99. The minimum Gasteiger partial charge on any atom is -0.394 e. The fraction of sp³-hybridized carbons (Fsp3) is 0.500. The summed E-state index contributed by atoms with van der Waals surface area (Å²) in [6, 6.07) is 1.42. The van der Waals surface area contributed by atoms with E-state index >= 15 is 0 Å². The predicted molar refractivity (Wildman–Crippen MR) is 63.2 cm³/mol. The number of aliphatic hydroxyl groups excluding tert-OH is 1. The highest BCUT2D eigenvalue weighted by Gasteiger charge is 2.40. The number of sulfonamides is 1. The average Bonchev–Trinajstić information content (AvgIpc) is 2.24. The highest BCUT2D eigenvalue weighted by molar-refractivity contribution is 7.89. The Morgan fingerprint density at radius 3 is 2.71 bits per heavy atom. The molecular weight excluding hydrogens is 264 g/mol. The van der Waals surface area contributed by atoms with Crippen LogP contribution in [-0.4, -0.2) is 30.7 Å². The van der Waals surface area contributed by atoms with Crippen molar-refractivity contribution in [1.29, 1.82) is 0 Å². The quantitative estimate of drug-likeness (QED) is 0.857. The van der Waals surface area contributed by atoms with Crippen molar-refractivity contribution in [1.82, 2.24) is 9.71 Å². The topological polar surface area (TPSA) is 79.3 Å². The molecule has 1 aliphatic rings. The Morgan fingerprint density at radius 1 is 1.53 bits per heavy atom. The van der Waals surface area contributed by atoms with Crippen molar-refractivity contribution >= 4 is 21.6 Å². The third-order valence-corrected chi connectivity index (χ3v) is 5.04. The Morgan fingerprint density at radius 2 is 2.24 bits per heavy atom. The molecule has 5 nitrogen and oxygen atoms in total. The zero-order chi connectivity index (χ0) is 12.5. The van der Waals surface area contributed by atoms with Crippen molar-refractivity contribution in [2.24, 2.45) is 0 Å². The first-order valence-electron chi connectivity index (χ1n) is 5.23. The molecule has 0 radical (unpaired) electrons. The zero-order valence-electron chi connectivity index (χ0n) is 9.06. The number of nitrogens with zero attached hydrogens (tertiary/aromatic N) is 1. The molecule has 0 aromatic carbocycles. The van der Waals surface area contributed by atoms with Crippen molar-refractivity contribution in [3.8, 4) is 0 Å². The molecule has 1 aromatic heterocycles. The zero-order valence-corrected chi connectivity index (χ0v) is 10.6. The minimum absolute atomic E-state index is 0.0543. The van der Waals surface area contributed by atoms with Crippen LogP contribution in [-0.2, 0) is 10.0 Å². The molecule has 7 heteroatoms. The highest BCUT2D eigenvalue weighted by atomic mass is 35.5. The molecule has 1 heterocycles. The summed E-state index contributed by atoms with van der Waals surface area (Å²) in [5, 5.41) is 9.37. The van der Waals surface area contributed by atoms with Crippen molar-refractivity contribution in [3.05, 3.63) is 23.5 Å². The van der Waals surface area contributed by atoms with Gasteiger partial charge in [0.05, 0.1) is 17.2 Å². The van der Waals surface area contributed by atoms with Crippen LogP contribution in [0.4, 0.5) is 0 Å². The fourth-order valence-electron chi connectivity index (χ4n) is 1.80. The van der Waals surface area contributed by atoms with E-state index in [1.807, 2.05) is 0 Å². The van der Waals surface area contributed by atoms with Gasteiger partial charge < -0.3 is 5.11 Å². The van der Waals surface area contributed by atoms with E-state index < -0.39 is 15.6 Å². The molecule has 0 atom stereocenters. The van der Waals surface area contributed by atoms with Crippen LogP contribution < -0.4 is 4.72 Å². The van der Waals surface area contributed by atoms with Crippen LogP contribution in [0.2, 0.25) is 5.02 Å². The molecule has 1 aromatic rings. The average molecular weight is 277 g/mol. The van der Waals surface area contributed by atoms with E-state index in [0.29, 0.717) is 12.8 Å². The normalized spacial score (nSPS) is 18.7. The summed E-state index contributed by atoms with van der Waals surface area (Å²) >= 11 is 5.82. The molecule has 2 N–H and O–H groups in total. The predicted octanol–water partition coefficient (Wildman–Crippen LogP) is 0.928. The molecule has 17 heavy (non-hydrogen) atoms. The van der Waals surface area contributed by atoms with Gasteiger partial charge in [-0.15, -0.1) is 0 Å². The van der Waals surface area contributed by atoms with Crippen LogP contribution >= 0.6 is 11.6 Å². The minimum atomic E-state index is -3.73. The summed E-state index contributed by atoms with van der Waals surface area (Å²) in [4.78, 5) is 3.69. The molecule has 0 unspecified atom stereocenters. The van der Waals surface area contributed by atoms with Crippen molar-refractivity contribution < 1.29 is 13.5 Å². The number of hydrogen-bond donors (Lipinski definition) is 2. The van der Waals surface area contributed by atoms with Gasteiger partial charge in [-0.2, -0.15) is 0 Å². The third-order valence-electron chi connectivity index (χ3n) is 2.99. The molecule has 0 saturated heterocycles. The number of aliphatic hydroxyl groups is 1. The van der Waals surface area contributed by atoms with Crippen LogP contribution in [0.5, 0.6) is 0 Å². The Kier molecular flexibility index (Phi) is 3.40. The Labute approximate surface area is 105 Å². The van der Waals surface area contributed by atoms with Gasteiger partial charge in [-0.1, -0.05) is 11.6 Å². The van der Waals surface area contributed by atoms with E-state index in [9.17, 15) is 13.5 Å². The maximum Gasteiger partial charge on any atom is 0.244 e. The third kappa shape index (κ3) is 2.44. The maximum absolute atomic E-state index is 12.1. The lowest BCUT2D eigenvalue weighted by molar-refractivity contribution is 0.110. The number of hydrogen-bond acceptors (Lipinski definition) is 4. The molecule has 0 bridgehead atoms. The molecule has 1 saturated carbocycles. The van der Waals surface area contributed by atoms with Gasteiger partial charge in [0.25, 0.3) is 0 Å². The second kappa shape index (κ2) is 4.53. The first-order valence-corrected chi connectivity index (χ1v) is 7.10. The standard InChI is InChI=1S/C10H13ClN2O3S/c11-8-2-5-12-6-9(8)17(15,16)13-10(7-14)3-1-4-10/h2,5-6,13-14H,1,3-4,7H2. The molecule has 1 fully saturated rings. The van der Waals surface area contributed by atoms with E-state index in [2.05, 4.69) is 9.71 Å². The molecule has 94 valence electrons. The highest BCUT2D eigenvalue weighted by Crippen LogP contribution is 2.33. The Balaban J connectivity index is 2.29. The van der Waals surface area contributed by atoms with Crippen molar-refractivity contribution in [2.45, 2.75) is 29.7 Å². The van der Waals surface area contributed by atoms with Gasteiger partial charge in [0, 0.05) is 12.4 Å². The summed E-state index contributed by atoms with van der Waals surface area (Å²) in [7, 11) is -3.73. The van der Waals surface area contributed by atoms with E-state index in [1.165, 1.54) is 18.5 Å². The number of halogens is 1. The van der Waals surface area contributed by atoms with E-state index in [0.717, 1.165) is 6.42 Å². The van der Waals surface area contributed by atoms with Gasteiger partial charge in [0.1, 0.15) is 4.90 Å². The second-order valence-electron chi connectivity index (χ2n) is 4.20. The lowest BCUT2D eigenvalue weighted by Gasteiger charge is -2.40. The number of pyridine rings is 1. The lowest BCUT2D eigenvalue weighted by atomic mass is 9.78. The molecule has 0 aliphatic heterocycles. The maximum atomic E-state index is 12.1. The van der Waals surface area contributed by atoms with Gasteiger partial charge in [-0.05, 0) is 25.3 Å². The fourth-order valence-corrected chi connectivity index (χ4v) is 3.68. The smallest absolute Gasteiger partial charge is 0.244 e. The number of aromatic nitrogens is 1. The summed E-state index contributed by atoms with van der Waals surface area (Å²) in [5.74, 6) is 0. The first kappa shape index (κ1) is 12.8. The molecule has 0 amide bonds. The molecule has 2 rings (SSSR count). The van der Waals surface area contributed by atoms with E-state index in [4.69, 9.17) is 11.6 Å². The summed E-state index contributed by atoms with van der Waals surface area (Å²) in [5.41, 5.74) is -0.724. The van der Waals surface area contributed by atoms with Gasteiger partial charge in [-0.25, -0.2) is 13.1 Å². The van der Waals surface area contributed by atoms with Gasteiger partial charge >= 0.3 is 0 Å². The summed E-state index contributed by atoms with van der Waals surface area (Å²) in [6.45, 7) is -0.204. The van der Waals surface area contributed by atoms with Gasteiger partial charge in [0.15, 0.2) is 0 Å². The SMILES string of the molecule is O=S(=O)(NC1(CO)CCC1)c1cnccc1Cl. The van der Waals surface area contributed by atoms with Crippen molar-refractivity contribution in [3.63, 3.8) is 0 Å². The second-order valence-corrected chi connectivity index (χ2v) is 6.26. The van der Waals surface area contributed by atoms with E-state index in [-0.39, 0.29) is 16.5 Å². The van der Waals surface area contributed by atoms with E-state index in [1.54, 1.807) is 0 Å². The van der Waals surface area contributed by atoms with Crippen LogP contribution in [0.25, 0.3) is 0 Å². The Hall–Kier alpha value is -0.690. The van der Waals surface area contributed by atoms with Crippen LogP contribution in [0.1, 0.15) is 19.3 Å². The molecule has 1 aliphatic carbocycles. The van der Waals surface area contributed by atoms with Crippen LogP contribution in [0.15, 0.2) is 23.4 Å². The van der Waals surface area contributed by atoms with Crippen LogP contribution in [0, 0.1) is 0 Å². The van der Waals surface area contributed by atoms with Gasteiger partial charge in [-0.3, -0.25) is 4.98 Å².